The minimum atomic E-state index is 0.892. The quantitative estimate of drug-likeness (QED) is 0.726. The summed E-state index contributed by atoms with van der Waals surface area (Å²) in [5.74, 6) is 0.892. The van der Waals surface area contributed by atoms with Crippen LogP contribution >= 0.6 is 12.6 Å². The molecule has 0 aromatic heterocycles. The van der Waals surface area contributed by atoms with Crippen molar-refractivity contribution < 1.29 is 0 Å². The molecule has 0 spiro atoms. The average Bonchev–Trinajstić information content (AvgIpc) is 2.10. The molecule has 0 aliphatic heterocycles. The zero-order chi connectivity index (χ0) is 9.84. The van der Waals surface area contributed by atoms with Crippen LogP contribution < -0.4 is 4.90 Å². The number of hydrogen-bond acceptors (Lipinski definition) is 2. The van der Waals surface area contributed by atoms with Crippen LogP contribution in [0.4, 0.5) is 5.69 Å². The summed E-state index contributed by atoms with van der Waals surface area (Å²) >= 11 is 4.21. The second kappa shape index (κ2) is 4.56. The Morgan fingerprint density at radius 3 is 2.46 bits per heavy atom. The number of hydrogen-bond donors (Lipinski definition) is 1. The molecule has 72 valence electrons. The van der Waals surface area contributed by atoms with Crippen molar-refractivity contribution in [3.8, 4) is 0 Å². The topological polar surface area (TPSA) is 3.24 Å². The highest BCUT2D eigenvalue weighted by Crippen LogP contribution is 2.17. The largest absolute Gasteiger partial charge is 0.374 e. The molecule has 0 amide bonds. The summed E-state index contributed by atoms with van der Waals surface area (Å²) in [6.45, 7) is 5.27. The fourth-order valence-corrected chi connectivity index (χ4v) is 1.54. The van der Waals surface area contributed by atoms with Gasteiger partial charge in [0.2, 0.25) is 0 Å². The lowest BCUT2D eigenvalue weighted by atomic mass is 10.1. The molecule has 1 aromatic carbocycles. The van der Waals surface area contributed by atoms with Crippen molar-refractivity contribution >= 4 is 18.3 Å². The van der Waals surface area contributed by atoms with Crippen LogP contribution in [0, 0.1) is 13.8 Å². The number of anilines is 1. The van der Waals surface area contributed by atoms with Gasteiger partial charge in [-0.25, -0.2) is 0 Å². The number of nitrogens with zero attached hydrogens (tertiary/aromatic N) is 1. The van der Waals surface area contributed by atoms with Gasteiger partial charge in [-0.15, -0.1) is 0 Å². The first-order valence-corrected chi connectivity index (χ1v) is 5.17. The molecule has 0 radical (unpaired) electrons. The third-order valence-electron chi connectivity index (χ3n) is 2.37. The van der Waals surface area contributed by atoms with Gasteiger partial charge < -0.3 is 4.90 Å². The Kier molecular flexibility index (Phi) is 3.67. The number of thiol groups is 1. The van der Waals surface area contributed by atoms with E-state index in [1.54, 1.807) is 0 Å². The third-order valence-corrected chi connectivity index (χ3v) is 2.57. The standard InChI is InChI=1S/C11H17NS/c1-9-4-5-11(8-10(9)2)12(3)6-7-13/h4-5,8,13H,6-7H2,1-3H3. The van der Waals surface area contributed by atoms with Crippen molar-refractivity contribution in [2.24, 2.45) is 0 Å². The van der Waals surface area contributed by atoms with E-state index in [-0.39, 0.29) is 0 Å². The first kappa shape index (κ1) is 10.5. The summed E-state index contributed by atoms with van der Waals surface area (Å²) in [4.78, 5) is 2.22. The van der Waals surface area contributed by atoms with E-state index in [1.165, 1.54) is 16.8 Å². The highest BCUT2D eigenvalue weighted by Gasteiger charge is 2.00. The Balaban J connectivity index is 2.84. The van der Waals surface area contributed by atoms with E-state index >= 15 is 0 Å². The minimum absolute atomic E-state index is 0.892. The average molecular weight is 195 g/mol. The van der Waals surface area contributed by atoms with Gasteiger partial charge in [0, 0.05) is 25.0 Å². The molecule has 0 bridgehead atoms. The van der Waals surface area contributed by atoms with Crippen LogP contribution in [0.25, 0.3) is 0 Å². The van der Waals surface area contributed by atoms with Gasteiger partial charge in [-0.1, -0.05) is 6.07 Å². The Labute approximate surface area is 86.2 Å². The molecule has 2 heteroatoms. The van der Waals surface area contributed by atoms with Crippen molar-refractivity contribution in [3.63, 3.8) is 0 Å². The van der Waals surface area contributed by atoms with Crippen LogP contribution in [-0.4, -0.2) is 19.3 Å². The molecule has 0 saturated carbocycles. The molecular weight excluding hydrogens is 178 g/mol. The van der Waals surface area contributed by atoms with Crippen molar-refractivity contribution in [1.29, 1.82) is 0 Å². The van der Waals surface area contributed by atoms with E-state index in [1.807, 2.05) is 0 Å². The van der Waals surface area contributed by atoms with E-state index in [0.717, 1.165) is 12.3 Å². The van der Waals surface area contributed by atoms with Crippen LogP contribution in [-0.2, 0) is 0 Å². The maximum absolute atomic E-state index is 4.21. The van der Waals surface area contributed by atoms with E-state index in [9.17, 15) is 0 Å². The summed E-state index contributed by atoms with van der Waals surface area (Å²) in [6, 6.07) is 6.55. The monoisotopic (exact) mass is 195 g/mol. The van der Waals surface area contributed by atoms with Gasteiger partial charge in [-0.3, -0.25) is 0 Å². The lowest BCUT2D eigenvalue weighted by Gasteiger charge is -2.19. The van der Waals surface area contributed by atoms with Gasteiger partial charge in [-0.05, 0) is 37.1 Å². The molecule has 0 saturated heterocycles. The van der Waals surface area contributed by atoms with E-state index in [2.05, 4.69) is 56.6 Å². The Morgan fingerprint density at radius 2 is 1.92 bits per heavy atom. The molecule has 1 nitrogen and oxygen atoms in total. The van der Waals surface area contributed by atoms with Crippen LogP contribution in [0.15, 0.2) is 18.2 Å². The maximum atomic E-state index is 4.21. The Bertz CT molecular complexity index is 283. The van der Waals surface area contributed by atoms with Gasteiger partial charge >= 0.3 is 0 Å². The highest BCUT2D eigenvalue weighted by atomic mass is 32.1. The summed E-state index contributed by atoms with van der Waals surface area (Å²) in [5, 5.41) is 0. The van der Waals surface area contributed by atoms with Crippen molar-refractivity contribution in [1.82, 2.24) is 0 Å². The maximum Gasteiger partial charge on any atom is 0.0366 e. The van der Waals surface area contributed by atoms with Crippen molar-refractivity contribution in [2.45, 2.75) is 13.8 Å². The molecular formula is C11H17NS. The molecule has 1 rings (SSSR count). The SMILES string of the molecule is Cc1ccc(N(C)CCS)cc1C. The molecule has 13 heavy (non-hydrogen) atoms. The van der Waals surface area contributed by atoms with E-state index < -0.39 is 0 Å². The minimum Gasteiger partial charge on any atom is -0.374 e. The fraction of sp³-hybridized carbons (Fsp3) is 0.455. The van der Waals surface area contributed by atoms with E-state index in [0.29, 0.717) is 0 Å². The van der Waals surface area contributed by atoms with Crippen LogP contribution in [0.5, 0.6) is 0 Å². The molecule has 0 unspecified atom stereocenters. The summed E-state index contributed by atoms with van der Waals surface area (Å²) < 4.78 is 0. The predicted octanol–water partition coefficient (Wildman–Crippen LogP) is 2.67. The predicted molar refractivity (Wildman–Crippen MR) is 63.0 cm³/mol. The Hall–Kier alpha value is -0.630. The zero-order valence-electron chi connectivity index (χ0n) is 8.54. The second-order valence-corrected chi connectivity index (χ2v) is 3.86. The van der Waals surface area contributed by atoms with Gasteiger partial charge in [0.05, 0.1) is 0 Å². The van der Waals surface area contributed by atoms with E-state index in [4.69, 9.17) is 0 Å². The fourth-order valence-electron chi connectivity index (χ4n) is 1.24. The molecule has 0 heterocycles. The smallest absolute Gasteiger partial charge is 0.0366 e. The number of rotatable bonds is 3. The lowest BCUT2D eigenvalue weighted by Crippen LogP contribution is -2.19. The lowest BCUT2D eigenvalue weighted by molar-refractivity contribution is 0.977. The first-order chi connectivity index (χ1) is 6.15. The number of aryl methyl sites for hydroxylation is 2. The van der Waals surface area contributed by atoms with Crippen LogP contribution in [0.1, 0.15) is 11.1 Å². The van der Waals surface area contributed by atoms with Gasteiger partial charge in [0.1, 0.15) is 0 Å². The Morgan fingerprint density at radius 1 is 1.23 bits per heavy atom. The molecule has 0 aliphatic rings. The van der Waals surface area contributed by atoms with Crippen LogP contribution in [0.2, 0.25) is 0 Å². The van der Waals surface area contributed by atoms with Gasteiger partial charge in [0.15, 0.2) is 0 Å². The summed E-state index contributed by atoms with van der Waals surface area (Å²) in [5.41, 5.74) is 3.98. The molecule has 0 N–H and O–H groups in total. The van der Waals surface area contributed by atoms with Crippen molar-refractivity contribution in [3.05, 3.63) is 29.3 Å². The van der Waals surface area contributed by atoms with Gasteiger partial charge in [-0.2, -0.15) is 12.6 Å². The number of benzene rings is 1. The molecule has 1 aromatic rings. The molecule has 0 atom stereocenters. The van der Waals surface area contributed by atoms with Crippen LogP contribution in [0.3, 0.4) is 0 Å². The highest BCUT2D eigenvalue weighted by molar-refractivity contribution is 7.80. The summed E-state index contributed by atoms with van der Waals surface area (Å²) in [7, 11) is 2.10. The zero-order valence-corrected chi connectivity index (χ0v) is 9.44. The second-order valence-electron chi connectivity index (χ2n) is 3.41. The molecule has 0 fully saturated rings. The van der Waals surface area contributed by atoms with Gasteiger partial charge in [0.25, 0.3) is 0 Å². The first-order valence-electron chi connectivity index (χ1n) is 4.54. The molecule has 0 aliphatic carbocycles. The normalized spacial score (nSPS) is 10.2. The summed E-state index contributed by atoms with van der Waals surface area (Å²) in [6.07, 6.45) is 0. The third kappa shape index (κ3) is 2.66. The van der Waals surface area contributed by atoms with Crippen molar-refractivity contribution in [2.75, 3.05) is 24.2 Å².